The Bertz CT molecular complexity index is 1470. The molecule has 5 rings (SSSR count). The number of nitrogens with one attached hydrogen (secondary N) is 1. The number of aliphatic hydroxyl groups excluding tert-OH is 1. The summed E-state index contributed by atoms with van der Waals surface area (Å²) in [7, 11) is 1.61. The van der Waals surface area contributed by atoms with Crippen LogP contribution in [-0.4, -0.2) is 23.8 Å². The van der Waals surface area contributed by atoms with Gasteiger partial charge in [-0.15, -0.1) is 0 Å². The summed E-state index contributed by atoms with van der Waals surface area (Å²) in [4.78, 5) is 15.7. The van der Waals surface area contributed by atoms with Crippen LogP contribution < -0.4 is 9.64 Å². The van der Waals surface area contributed by atoms with Crippen molar-refractivity contribution in [3.8, 4) is 5.75 Å². The lowest BCUT2D eigenvalue weighted by Crippen LogP contribution is -2.45. The standard InChI is InChI=1S/C32H31ClN2O3/c1-19-5-7-21(8-6-19)30(37)29-27(20-9-15-24(38-4)16-10-20)28-25(17-32(2,3)18-26(28)36)35(31(29)34)23-13-11-22(33)12-14-23/h5-16,27,34,37H,17-18H2,1-4H3/b30-29+,34-31?. The Morgan fingerprint density at radius 1 is 1.00 bits per heavy atom. The number of methoxy groups -OCH3 is 1. The van der Waals surface area contributed by atoms with Crippen molar-refractivity contribution >= 4 is 34.7 Å². The molecule has 1 unspecified atom stereocenters. The highest BCUT2D eigenvalue weighted by atomic mass is 35.5. The fourth-order valence-corrected chi connectivity index (χ4v) is 5.61. The summed E-state index contributed by atoms with van der Waals surface area (Å²) in [5.74, 6) is 0.241. The highest BCUT2D eigenvalue weighted by molar-refractivity contribution is 6.30. The lowest BCUT2D eigenvalue weighted by Gasteiger charge is -2.45. The van der Waals surface area contributed by atoms with E-state index in [1.165, 1.54) is 0 Å². The first-order valence-corrected chi connectivity index (χ1v) is 13.0. The highest BCUT2D eigenvalue weighted by Gasteiger charge is 2.46. The smallest absolute Gasteiger partial charge is 0.162 e. The number of amidine groups is 1. The van der Waals surface area contributed by atoms with Crippen LogP contribution in [0.1, 0.15) is 49.3 Å². The minimum Gasteiger partial charge on any atom is -0.507 e. The number of carbonyl (C=O) groups excluding carboxylic acids is 1. The third kappa shape index (κ3) is 4.63. The number of anilines is 1. The molecular weight excluding hydrogens is 496 g/mol. The maximum absolute atomic E-state index is 13.9. The van der Waals surface area contributed by atoms with Crippen LogP contribution in [-0.2, 0) is 4.79 Å². The minimum absolute atomic E-state index is 0.0148. The molecule has 0 spiro atoms. The normalized spacial score (nSPS) is 20.3. The minimum atomic E-state index is -0.600. The zero-order chi connectivity index (χ0) is 27.2. The molecule has 1 atom stereocenters. The van der Waals surface area contributed by atoms with Crippen LogP contribution in [0.5, 0.6) is 5.75 Å². The van der Waals surface area contributed by atoms with Crippen molar-refractivity contribution in [3.63, 3.8) is 0 Å². The first-order valence-electron chi connectivity index (χ1n) is 12.6. The maximum Gasteiger partial charge on any atom is 0.162 e. The summed E-state index contributed by atoms with van der Waals surface area (Å²) in [5.41, 5.74) is 4.73. The number of halogens is 1. The average Bonchev–Trinajstić information content (AvgIpc) is 2.88. The van der Waals surface area contributed by atoms with E-state index in [4.69, 9.17) is 16.3 Å². The summed E-state index contributed by atoms with van der Waals surface area (Å²) in [6.45, 7) is 6.14. The number of ether oxygens (including phenoxy) is 1. The predicted molar refractivity (Wildman–Crippen MR) is 153 cm³/mol. The number of aliphatic hydroxyl groups is 1. The molecule has 38 heavy (non-hydrogen) atoms. The third-order valence-electron chi connectivity index (χ3n) is 7.34. The van der Waals surface area contributed by atoms with Crippen LogP contribution >= 0.6 is 11.6 Å². The molecule has 3 aromatic carbocycles. The van der Waals surface area contributed by atoms with Crippen molar-refractivity contribution in [1.82, 2.24) is 0 Å². The quantitative estimate of drug-likeness (QED) is 0.339. The number of aryl methyl sites for hydroxylation is 1. The topological polar surface area (TPSA) is 73.6 Å². The number of carbonyl (C=O) groups is 1. The van der Waals surface area contributed by atoms with Gasteiger partial charge in [0.05, 0.1) is 7.11 Å². The van der Waals surface area contributed by atoms with Gasteiger partial charge in [-0.2, -0.15) is 0 Å². The van der Waals surface area contributed by atoms with E-state index >= 15 is 0 Å². The molecule has 0 saturated heterocycles. The van der Waals surface area contributed by atoms with Gasteiger partial charge in [0.15, 0.2) is 5.78 Å². The van der Waals surface area contributed by atoms with Crippen LogP contribution in [0.2, 0.25) is 5.02 Å². The summed E-state index contributed by atoms with van der Waals surface area (Å²) in [5, 5.41) is 21.8. The molecule has 6 heteroatoms. The van der Waals surface area contributed by atoms with Gasteiger partial charge < -0.3 is 9.84 Å². The van der Waals surface area contributed by atoms with Gasteiger partial charge in [-0.05, 0) is 60.7 Å². The van der Waals surface area contributed by atoms with Crippen LogP contribution in [0.4, 0.5) is 5.69 Å². The Kier molecular flexibility index (Phi) is 6.66. The van der Waals surface area contributed by atoms with Crippen molar-refractivity contribution in [2.24, 2.45) is 5.41 Å². The van der Waals surface area contributed by atoms with Gasteiger partial charge >= 0.3 is 0 Å². The number of benzene rings is 3. The third-order valence-corrected chi connectivity index (χ3v) is 7.59. The molecule has 1 aliphatic carbocycles. The van der Waals surface area contributed by atoms with E-state index in [1.807, 2.05) is 72.5 Å². The molecule has 194 valence electrons. The second-order valence-corrected chi connectivity index (χ2v) is 11.2. The molecule has 2 aliphatic rings. The molecule has 0 aromatic heterocycles. The van der Waals surface area contributed by atoms with Crippen molar-refractivity contribution in [3.05, 3.63) is 111 Å². The molecule has 0 bridgehead atoms. The van der Waals surface area contributed by atoms with E-state index in [9.17, 15) is 15.3 Å². The first-order chi connectivity index (χ1) is 18.1. The average molecular weight is 527 g/mol. The molecule has 0 radical (unpaired) electrons. The number of ketones is 1. The monoisotopic (exact) mass is 526 g/mol. The molecule has 3 aromatic rings. The maximum atomic E-state index is 13.9. The van der Waals surface area contributed by atoms with E-state index in [-0.39, 0.29) is 22.8 Å². The van der Waals surface area contributed by atoms with Crippen molar-refractivity contribution in [1.29, 1.82) is 5.41 Å². The van der Waals surface area contributed by atoms with Gasteiger partial charge in [0.1, 0.15) is 17.3 Å². The summed E-state index contributed by atoms with van der Waals surface area (Å²) >= 11 is 6.19. The van der Waals surface area contributed by atoms with Gasteiger partial charge in [0.25, 0.3) is 0 Å². The van der Waals surface area contributed by atoms with Crippen LogP contribution in [0.25, 0.3) is 5.76 Å². The second kappa shape index (κ2) is 9.80. The molecule has 1 heterocycles. The molecule has 5 nitrogen and oxygen atoms in total. The first kappa shape index (κ1) is 25.8. The Morgan fingerprint density at radius 2 is 1.63 bits per heavy atom. The summed E-state index contributed by atoms with van der Waals surface area (Å²) in [6, 6.07) is 22.3. The molecule has 2 N–H and O–H groups in total. The number of rotatable bonds is 4. The molecular formula is C32H31ClN2O3. The van der Waals surface area contributed by atoms with E-state index < -0.39 is 5.92 Å². The second-order valence-electron chi connectivity index (χ2n) is 10.8. The van der Waals surface area contributed by atoms with Gasteiger partial charge in [-0.3, -0.25) is 15.1 Å². The molecule has 0 amide bonds. The lowest BCUT2D eigenvalue weighted by molar-refractivity contribution is -0.118. The van der Waals surface area contributed by atoms with E-state index in [1.54, 1.807) is 19.2 Å². The molecule has 0 saturated carbocycles. The van der Waals surface area contributed by atoms with Crippen LogP contribution in [0, 0.1) is 17.7 Å². The number of hydrogen-bond donors (Lipinski definition) is 2. The van der Waals surface area contributed by atoms with Crippen LogP contribution in [0.15, 0.2) is 89.6 Å². The Balaban J connectivity index is 1.83. The van der Waals surface area contributed by atoms with Crippen molar-refractivity contribution in [2.45, 2.75) is 39.5 Å². The number of nitrogens with zero attached hydrogens (tertiary/aromatic N) is 1. The predicted octanol–water partition coefficient (Wildman–Crippen LogP) is 7.85. The van der Waals surface area contributed by atoms with Crippen molar-refractivity contribution < 1.29 is 14.6 Å². The summed E-state index contributed by atoms with van der Waals surface area (Å²) in [6.07, 6.45) is 1.00. The summed E-state index contributed by atoms with van der Waals surface area (Å²) < 4.78 is 5.37. The highest BCUT2D eigenvalue weighted by Crippen LogP contribution is 2.51. The van der Waals surface area contributed by atoms with E-state index in [2.05, 4.69) is 13.8 Å². The number of allylic oxidation sites excluding steroid dienone is 2. The molecule has 0 fully saturated rings. The fraction of sp³-hybridized carbons (Fsp3) is 0.250. The Morgan fingerprint density at radius 3 is 2.24 bits per heavy atom. The number of Topliss-reactive ketones (excluding diaryl/α,β-unsaturated/α-hetero) is 1. The van der Waals surface area contributed by atoms with E-state index in [0.29, 0.717) is 40.3 Å². The lowest BCUT2D eigenvalue weighted by atomic mass is 9.67. The van der Waals surface area contributed by atoms with Crippen LogP contribution in [0.3, 0.4) is 0 Å². The zero-order valence-corrected chi connectivity index (χ0v) is 22.8. The Labute approximate surface area is 228 Å². The fourth-order valence-electron chi connectivity index (χ4n) is 5.49. The largest absolute Gasteiger partial charge is 0.507 e. The van der Waals surface area contributed by atoms with Crippen molar-refractivity contribution in [2.75, 3.05) is 12.0 Å². The van der Waals surface area contributed by atoms with Gasteiger partial charge in [0.2, 0.25) is 0 Å². The van der Waals surface area contributed by atoms with Gasteiger partial charge in [-0.1, -0.05) is 67.4 Å². The van der Waals surface area contributed by atoms with E-state index in [0.717, 1.165) is 22.5 Å². The van der Waals surface area contributed by atoms with Gasteiger partial charge in [0, 0.05) is 45.5 Å². The zero-order valence-electron chi connectivity index (χ0n) is 22.0. The molecule has 1 aliphatic heterocycles. The SMILES string of the molecule is COc1ccc(C2C3=C(CC(C)(C)CC3=O)N(c3ccc(Cl)cc3)C(=N)/C2=C(/O)c2ccc(C)cc2)cc1. The number of hydrogen-bond acceptors (Lipinski definition) is 4. The van der Waals surface area contributed by atoms with Gasteiger partial charge in [-0.25, -0.2) is 0 Å². The Hall–Kier alpha value is -3.83.